The summed E-state index contributed by atoms with van der Waals surface area (Å²) in [6.45, 7) is 14.7. The van der Waals surface area contributed by atoms with Gasteiger partial charge in [-0.3, -0.25) is 15.8 Å². The molecule has 0 fully saturated rings. The molecule has 1 rings (SSSR count). The third-order valence-corrected chi connectivity index (χ3v) is 4.48. The molecule has 0 aliphatic heterocycles. The molecule has 2 N–H and O–H groups in total. The number of allylic oxidation sites excluding steroid dienone is 2. The van der Waals surface area contributed by atoms with Crippen LogP contribution in [-0.2, 0) is 14.3 Å². The molecular formula is C22H37N3O6. The molecule has 1 unspecified atom stereocenters. The van der Waals surface area contributed by atoms with Crippen molar-refractivity contribution < 1.29 is 24.0 Å². The van der Waals surface area contributed by atoms with E-state index in [1.807, 2.05) is 13.8 Å². The summed E-state index contributed by atoms with van der Waals surface area (Å²) < 4.78 is 10.8. The lowest BCUT2D eigenvalue weighted by Gasteiger charge is -2.33. The number of hydrogen-bond acceptors (Lipinski definition) is 7. The van der Waals surface area contributed by atoms with Gasteiger partial charge < -0.3 is 14.4 Å². The molecule has 9 nitrogen and oxygen atoms in total. The average Bonchev–Trinajstić information content (AvgIpc) is 2.56. The smallest absolute Gasteiger partial charge is 0.410 e. The van der Waals surface area contributed by atoms with Crippen LogP contribution in [0.15, 0.2) is 23.3 Å². The maximum absolute atomic E-state index is 12.7. The van der Waals surface area contributed by atoms with Gasteiger partial charge in [-0.25, -0.2) is 9.59 Å². The monoisotopic (exact) mass is 439 g/mol. The first-order valence-electron chi connectivity index (χ1n) is 10.5. The summed E-state index contributed by atoms with van der Waals surface area (Å²) in [5.74, 6) is -0.328. The zero-order valence-corrected chi connectivity index (χ0v) is 20.0. The Kier molecular flexibility index (Phi) is 8.42. The fourth-order valence-corrected chi connectivity index (χ4v) is 2.84. The molecule has 0 bridgehead atoms. The largest absolute Gasteiger partial charge is 0.457 e. The SMILES string of the molecule is CC(C)CCN(CC1=CC=C(C(=O)OC(C)(C)C)CC1(N)[N+](=O)[O-])C(=O)OC(C)(C)C. The van der Waals surface area contributed by atoms with E-state index in [4.69, 9.17) is 15.2 Å². The normalized spacial score (nSPS) is 19.4. The van der Waals surface area contributed by atoms with Crippen LogP contribution in [-0.4, -0.2) is 51.8 Å². The highest BCUT2D eigenvalue weighted by atomic mass is 16.6. The van der Waals surface area contributed by atoms with E-state index in [1.165, 1.54) is 17.1 Å². The first-order valence-corrected chi connectivity index (χ1v) is 10.5. The van der Waals surface area contributed by atoms with Crippen LogP contribution in [0.1, 0.15) is 68.2 Å². The molecule has 0 aromatic heterocycles. The number of esters is 1. The lowest BCUT2D eigenvalue weighted by molar-refractivity contribution is -0.557. The predicted octanol–water partition coefficient (Wildman–Crippen LogP) is 3.80. The molecule has 0 spiro atoms. The zero-order chi connectivity index (χ0) is 24.2. The van der Waals surface area contributed by atoms with E-state index in [0.29, 0.717) is 18.9 Å². The van der Waals surface area contributed by atoms with E-state index >= 15 is 0 Å². The molecule has 31 heavy (non-hydrogen) atoms. The van der Waals surface area contributed by atoms with Crippen molar-refractivity contribution in [3.63, 3.8) is 0 Å². The summed E-state index contributed by atoms with van der Waals surface area (Å²) in [5.41, 5.74) is 3.04. The Labute approximate surface area is 184 Å². The molecule has 1 amide bonds. The van der Waals surface area contributed by atoms with Crippen molar-refractivity contribution in [2.45, 2.75) is 85.1 Å². The highest BCUT2D eigenvalue weighted by molar-refractivity contribution is 5.90. The van der Waals surface area contributed by atoms with Crippen LogP contribution in [0.4, 0.5) is 4.79 Å². The standard InChI is InChI=1S/C22H37N3O6/c1-15(2)11-12-24(19(27)31-21(6,7)8)14-17-10-9-16(13-22(17,23)25(28)29)18(26)30-20(3,4)5/h9-10,15H,11-14,23H2,1-8H3. The maximum atomic E-state index is 12.7. The van der Waals surface area contributed by atoms with E-state index in [-0.39, 0.29) is 24.1 Å². The molecule has 1 aliphatic rings. The minimum Gasteiger partial charge on any atom is -0.457 e. The fraction of sp³-hybridized carbons (Fsp3) is 0.727. The molecule has 1 aliphatic carbocycles. The van der Waals surface area contributed by atoms with E-state index in [9.17, 15) is 19.7 Å². The van der Waals surface area contributed by atoms with Crippen LogP contribution in [0.25, 0.3) is 0 Å². The molecule has 0 heterocycles. The Bertz CT molecular complexity index is 758. The Morgan fingerprint density at radius 2 is 1.71 bits per heavy atom. The molecule has 0 saturated heterocycles. The number of amides is 1. The number of nitrogens with two attached hydrogens (primary N) is 1. The number of nitro groups is 1. The minimum absolute atomic E-state index is 0.0722. The lowest BCUT2D eigenvalue weighted by Crippen LogP contribution is -2.54. The summed E-state index contributed by atoms with van der Waals surface area (Å²) in [4.78, 5) is 37.9. The molecule has 9 heteroatoms. The van der Waals surface area contributed by atoms with Crippen molar-refractivity contribution in [1.82, 2.24) is 4.90 Å². The molecular weight excluding hydrogens is 402 g/mol. The molecule has 0 aromatic carbocycles. The highest BCUT2D eigenvalue weighted by Gasteiger charge is 2.47. The number of carbonyl (C=O) groups is 2. The Morgan fingerprint density at radius 3 is 2.16 bits per heavy atom. The summed E-state index contributed by atoms with van der Waals surface area (Å²) in [6, 6.07) is 0. The van der Waals surface area contributed by atoms with E-state index < -0.39 is 33.9 Å². The number of hydrogen-bond donors (Lipinski definition) is 1. The quantitative estimate of drug-likeness (QED) is 0.277. The summed E-state index contributed by atoms with van der Waals surface area (Å²) in [6.07, 6.45) is 2.72. The number of ether oxygens (including phenoxy) is 2. The third kappa shape index (κ3) is 8.32. The summed E-state index contributed by atoms with van der Waals surface area (Å²) >= 11 is 0. The van der Waals surface area contributed by atoms with Gasteiger partial charge >= 0.3 is 17.7 Å². The maximum Gasteiger partial charge on any atom is 0.410 e. The first kappa shape index (κ1) is 26.6. The molecule has 0 aromatic rings. The Hall–Kier alpha value is -2.42. The number of rotatable bonds is 7. The molecule has 0 saturated carbocycles. The van der Waals surface area contributed by atoms with Crippen LogP contribution in [0.5, 0.6) is 0 Å². The van der Waals surface area contributed by atoms with Gasteiger partial charge in [0.25, 0.3) is 0 Å². The predicted molar refractivity (Wildman–Crippen MR) is 118 cm³/mol. The van der Waals surface area contributed by atoms with Gasteiger partial charge in [0.15, 0.2) is 0 Å². The zero-order valence-electron chi connectivity index (χ0n) is 20.0. The average molecular weight is 440 g/mol. The third-order valence-electron chi connectivity index (χ3n) is 4.48. The van der Waals surface area contributed by atoms with Gasteiger partial charge in [-0.15, -0.1) is 0 Å². The van der Waals surface area contributed by atoms with E-state index in [0.717, 1.165) is 0 Å². The molecule has 176 valence electrons. The van der Waals surface area contributed by atoms with Crippen LogP contribution in [0.2, 0.25) is 0 Å². The number of nitrogens with zero attached hydrogens (tertiary/aromatic N) is 2. The van der Waals surface area contributed by atoms with Gasteiger partial charge in [-0.05, 0) is 53.9 Å². The minimum atomic E-state index is -2.03. The van der Waals surface area contributed by atoms with Gasteiger partial charge in [0, 0.05) is 22.6 Å². The van der Waals surface area contributed by atoms with Crippen molar-refractivity contribution in [2.75, 3.05) is 13.1 Å². The first-order chi connectivity index (χ1) is 13.9. The summed E-state index contributed by atoms with van der Waals surface area (Å²) in [7, 11) is 0. The van der Waals surface area contributed by atoms with Crippen molar-refractivity contribution >= 4 is 12.1 Å². The highest BCUT2D eigenvalue weighted by Crippen LogP contribution is 2.31. The van der Waals surface area contributed by atoms with Gasteiger partial charge in [0.05, 0.1) is 13.0 Å². The van der Waals surface area contributed by atoms with Crippen LogP contribution < -0.4 is 5.73 Å². The van der Waals surface area contributed by atoms with Crippen molar-refractivity contribution in [3.8, 4) is 0 Å². The van der Waals surface area contributed by atoms with E-state index in [2.05, 4.69) is 0 Å². The second-order valence-electron chi connectivity index (χ2n) is 10.3. The second kappa shape index (κ2) is 9.80. The Morgan fingerprint density at radius 1 is 1.16 bits per heavy atom. The van der Waals surface area contributed by atoms with Crippen LogP contribution >= 0.6 is 0 Å². The number of carbonyl (C=O) groups excluding carboxylic acids is 2. The topological polar surface area (TPSA) is 125 Å². The van der Waals surface area contributed by atoms with Crippen molar-refractivity contribution in [1.29, 1.82) is 0 Å². The van der Waals surface area contributed by atoms with Gasteiger partial charge in [0.1, 0.15) is 11.2 Å². The lowest BCUT2D eigenvalue weighted by atomic mass is 9.87. The summed E-state index contributed by atoms with van der Waals surface area (Å²) in [5, 5.41) is 11.9. The van der Waals surface area contributed by atoms with Gasteiger partial charge in [-0.1, -0.05) is 26.0 Å². The van der Waals surface area contributed by atoms with Crippen molar-refractivity contribution in [2.24, 2.45) is 11.7 Å². The van der Waals surface area contributed by atoms with Crippen LogP contribution in [0.3, 0.4) is 0 Å². The fourth-order valence-electron chi connectivity index (χ4n) is 2.84. The molecule has 1 atom stereocenters. The van der Waals surface area contributed by atoms with Gasteiger partial charge in [0.2, 0.25) is 0 Å². The van der Waals surface area contributed by atoms with Gasteiger partial charge in [-0.2, -0.15) is 0 Å². The molecule has 0 radical (unpaired) electrons. The van der Waals surface area contributed by atoms with Crippen LogP contribution in [0, 0.1) is 16.0 Å². The van der Waals surface area contributed by atoms with Crippen molar-refractivity contribution in [3.05, 3.63) is 33.4 Å². The second-order valence-corrected chi connectivity index (χ2v) is 10.3. The van der Waals surface area contributed by atoms with E-state index in [1.54, 1.807) is 41.5 Å². The Balaban J connectivity index is 3.23.